The maximum Gasteiger partial charge on any atom is 0.150 e. The van der Waals surface area contributed by atoms with E-state index in [1.807, 2.05) is 0 Å². The van der Waals surface area contributed by atoms with E-state index in [0.29, 0.717) is 22.6 Å². The van der Waals surface area contributed by atoms with Crippen molar-refractivity contribution in [2.24, 2.45) is 5.92 Å². The Kier molecular flexibility index (Phi) is 2.98. The van der Waals surface area contributed by atoms with Crippen molar-refractivity contribution in [1.82, 2.24) is 4.98 Å². The number of hydrogen-bond acceptors (Lipinski definition) is 4. The highest BCUT2D eigenvalue weighted by atomic mass is 35.5. The largest absolute Gasteiger partial charge is 0.396 e. The van der Waals surface area contributed by atoms with E-state index in [1.165, 1.54) is 0 Å². The van der Waals surface area contributed by atoms with Crippen LogP contribution in [0.2, 0.25) is 5.15 Å². The van der Waals surface area contributed by atoms with Crippen molar-refractivity contribution in [2.75, 3.05) is 17.6 Å². The first kappa shape index (κ1) is 10.5. The minimum Gasteiger partial charge on any atom is -0.396 e. The van der Waals surface area contributed by atoms with Crippen molar-refractivity contribution in [3.63, 3.8) is 0 Å². The molecule has 1 aliphatic carbocycles. The topological polar surface area (TPSA) is 71.2 Å². The fourth-order valence-electron chi connectivity index (χ4n) is 1.70. The Morgan fingerprint density at radius 2 is 2.27 bits per heavy atom. The van der Waals surface area contributed by atoms with Gasteiger partial charge in [-0.1, -0.05) is 11.6 Å². The van der Waals surface area contributed by atoms with Crippen molar-refractivity contribution in [3.8, 4) is 0 Å². The van der Waals surface area contributed by atoms with E-state index in [2.05, 4.69) is 10.3 Å². The van der Waals surface area contributed by atoms with E-state index in [-0.39, 0.29) is 6.10 Å². The van der Waals surface area contributed by atoms with Crippen LogP contribution in [0, 0.1) is 5.92 Å². The van der Waals surface area contributed by atoms with Gasteiger partial charge in [0.05, 0.1) is 11.8 Å². The minimum atomic E-state index is -0.124. The molecule has 1 fully saturated rings. The van der Waals surface area contributed by atoms with Gasteiger partial charge in [0.25, 0.3) is 0 Å². The second-order valence-electron chi connectivity index (χ2n) is 3.94. The van der Waals surface area contributed by atoms with Crippen molar-refractivity contribution in [3.05, 3.63) is 17.3 Å². The van der Waals surface area contributed by atoms with Crippen LogP contribution in [0.4, 0.5) is 11.5 Å². The minimum absolute atomic E-state index is 0.124. The second kappa shape index (κ2) is 4.24. The van der Waals surface area contributed by atoms with Crippen molar-refractivity contribution >= 4 is 23.1 Å². The molecule has 5 heteroatoms. The van der Waals surface area contributed by atoms with Gasteiger partial charge in [-0.3, -0.25) is 0 Å². The Hall–Kier alpha value is -1.00. The number of pyridine rings is 1. The summed E-state index contributed by atoms with van der Waals surface area (Å²) in [6.45, 7) is 0.786. The number of hydrogen-bond donors (Lipinski definition) is 3. The lowest BCUT2D eigenvalue weighted by Gasteiger charge is -2.31. The molecule has 0 saturated heterocycles. The molecule has 82 valence electrons. The molecule has 2 rings (SSSR count). The first-order valence-electron chi connectivity index (χ1n) is 4.99. The lowest BCUT2D eigenvalue weighted by Crippen LogP contribution is -2.33. The quantitative estimate of drug-likeness (QED) is 0.685. The highest BCUT2D eigenvalue weighted by molar-refractivity contribution is 6.29. The van der Waals surface area contributed by atoms with E-state index in [0.717, 1.165) is 19.4 Å². The smallest absolute Gasteiger partial charge is 0.150 e. The van der Waals surface area contributed by atoms with Gasteiger partial charge in [-0.15, -0.1) is 0 Å². The molecule has 0 aliphatic heterocycles. The summed E-state index contributed by atoms with van der Waals surface area (Å²) in [7, 11) is 0. The number of halogens is 1. The van der Waals surface area contributed by atoms with Crippen molar-refractivity contribution in [1.29, 1.82) is 0 Å². The van der Waals surface area contributed by atoms with Crippen LogP contribution < -0.4 is 11.1 Å². The van der Waals surface area contributed by atoms with Crippen LogP contribution in [-0.2, 0) is 0 Å². The first-order valence-corrected chi connectivity index (χ1v) is 5.37. The summed E-state index contributed by atoms with van der Waals surface area (Å²) in [5.74, 6) is 1.14. The predicted molar refractivity (Wildman–Crippen MR) is 60.9 cm³/mol. The van der Waals surface area contributed by atoms with Crippen LogP contribution >= 0.6 is 11.6 Å². The summed E-state index contributed by atoms with van der Waals surface area (Å²) >= 11 is 5.76. The van der Waals surface area contributed by atoms with E-state index in [1.54, 1.807) is 12.1 Å². The second-order valence-corrected chi connectivity index (χ2v) is 4.33. The number of nitrogens with zero attached hydrogens (tertiary/aromatic N) is 1. The van der Waals surface area contributed by atoms with Crippen molar-refractivity contribution in [2.45, 2.75) is 18.9 Å². The Morgan fingerprint density at radius 3 is 2.93 bits per heavy atom. The SMILES string of the molecule is Nc1ccc(Cl)nc1NCC1CC(O)C1. The fourth-order valence-corrected chi connectivity index (χ4v) is 1.84. The van der Waals surface area contributed by atoms with E-state index < -0.39 is 0 Å². The number of nitrogen functional groups attached to an aromatic ring is 1. The maximum absolute atomic E-state index is 9.13. The number of nitrogens with two attached hydrogens (primary N) is 1. The molecule has 1 saturated carbocycles. The summed E-state index contributed by atoms with van der Waals surface area (Å²) in [5, 5.41) is 12.7. The van der Waals surface area contributed by atoms with Crippen molar-refractivity contribution < 1.29 is 5.11 Å². The van der Waals surface area contributed by atoms with Gasteiger partial charge in [0.1, 0.15) is 5.15 Å². The normalized spacial score (nSPS) is 24.7. The number of rotatable bonds is 3. The number of aliphatic hydroxyl groups is 1. The molecule has 0 unspecified atom stereocenters. The highest BCUT2D eigenvalue weighted by Gasteiger charge is 2.26. The Morgan fingerprint density at radius 1 is 1.53 bits per heavy atom. The summed E-state index contributed by atoms with van der Waals surface area (Å²) in [4.78, 5) is 4.09. The van der Waals surface area contributed by atoms with E-state index >= 15 is 0 Å². The zero-order valence-corrected chi connectivity index (χ0v) is 9.04. The molecule has 1 aliphatic rings. The van der Waals surface area contributed by atoms with Crippen LogP contribution in [0.25, 0.3) is 0 Å². The molecular formula is C10H14ClN3O. The molecule has 0 amide bonds. The van der Waals surface area contributed by atoms with Gasteiger partial charge < -0.3 is 16.2 Å². The van der Waals surface area contributed by atoms with Crippen LogP contribution in [0.3, 0.4) is 0 Å². The van der Waals surface area contributed by atoms with Gasteiger partial charge in [-0.05, 0) is 30.9 Å². The molecular weight excluding hydrogens is 214 g/mol. The van der Waals surface area contributed by atoms with Gasteiger partial charge in [0.15, 0.2) is 5.82 Å². The molecule has 1 heterocycles. The van der Waals surface area contributed by atoms with Gasteiger partial charge in [-0.2, -0.15) is 0 Å². The Bertz CT molecular complexity index is 353. The summed E-state index contributed by atoms with van der Waals surface area (Å²) in [6.07, 6.45) is 1.59. The summed E-state index contributed by atoms with van der Waals surface area (Å²) < 4.78 is 0. The van der Waals surface area contributed by atoms with Gasteiger partial charge in [0.2, 0.25) is 0 Å². The number of nitrogens with one attached hydrogen (secondary N) is 1. The van der Waals surface area contributed by atoms with Gasteiger partial charge in [-0.25, -0.2) is 4.98 Å². The number of aromatic nitrogens is 1. The van der Waals surface area contributed by atoms with E-state index in [4.69, 9.17) is 22.4 Å². The molecule has 15 heavy (non-hydrogen) atoms. The van der Waals surface area contributed by atoms with E-state index in [9.17, 15) is 0 Å². The Labute approximate surface area is 93.5 Å². The average Bonchev–Trinajstić information content (AvgIpc) is 2.16. The third-order valence-electron chi connectivity index (χ3n) is 2.66. The molecule has 4 N–H and O–H groups in total. The zero-order valence-electron chi connectivity index (χ0n) is 8.28. The van der Waals surface area contributed by atoms with Crippen LogP contribution in [0.5, 0.6) is 0 Å². The fraction of sp³-hybridized carbons (Fsp3) is 0.500. The number of anilines is 2. The molecule has 4 nitrogen and oxygen atoms in total. The van der Waals surface area contributed by atoms with Gasteiger partial charge in [0, 0.05) is 6.54 Å². The predicted octanol–water partition coefficient (Wildman–Crippen LogP) is 1.50. The molecule has 0 radical (unpaired) electrons. The first-order chi connectivity index (χ1) is 7.15. The lowest BCUT2D eigenvalue weighted by molar-refractivity contribution is 0.0486. The monoisotopic (exact) mass is 227 g/mol. The standard InChI is InChI=1S/C10H14ClN3O/c11-9-2-1-8(12)10(14-9)13-5-6-3-7(15)4-6/h1-2,6-7,15H,3-5,12H2,(H,13,14). The Balaban J connectivity index is 1.90. The van der Waals surface area contributed by atoms with Crippen LogP contribution in [0.1, 0.15) is 12.8 Å². The molecule has 0 atom stereocenters. The summed E-state index contributed by atoms with van der Waals surface area (Å²) in [6, 6.07) is 3.39. The van der Waals surface area contributed by atoms with Crippen LogP contribution in [0.15, 0.2) is 12.1 Å². The maximum atomic E-state index is 9.13. The molecule has 0 spiro atoms. The molecule has 1 aromatic heterocycles. The van der Waals surface area contributed by atoms with Gasteiger partial charge >= 0.3 is 0 Å². The average molecular weight is 228 g/mol. The lowest BCUT2D eigenvalue weighted by atomic mass is 9.82. The zero-order chi connectivity index (χ0) is 10.8. The molecule has 1 aromatic rings. The summed E-state index contributed by atoms with van der Waals surface area (Å²) in [5.41, 5.74) is 6.33. The third kappa shape index (κ3) is 2.52. The third-order valence-corrected chi connectivity index (χ3v) is 2.87. The van der Waals surface area contributed by atoms with Crippen LogP contribution in [-0.4, -0.2) is 22.7 Å². The molecule has 0 aromatic carbocycles. The molecule has 0 bridgehead atoms. The number of aliphatic hydroxyl groups excluding tert-OH is 1. The highest BCUT2D eigenvalue weighted by Crippen LogP contribution is 2.28.